The van der Waals surface area contributed by atoms with Gasteiger partial charge in [0.15, 0.2) is 0 Å². The molecule has 0 spiro atoms. The second-order valence-electron chi connectivity index (χ2n) is 2.66. The van der Waals surface area contributed by atoms with Crippen LogP contribution in [0.2, 0.25) is 5.02 Å². The molecule has 0 aromatic heterocycles. The highest BCUT2D eigenvalue weighted by molar-refractivity contribution is 6.32. The summed E-state index contributed by atoms with van der Waals surface area (Å²) >= 11 is 5.31. The number of phenolic OH excluding ortho intramolecular Hbond substituents is 1. The number of phenols is 1. The van der Waals surface area contributed by atoms with Crippen LogP contribution in [0.5, 0.6) is 5.75 Å². The van der Waals surface area contributed by atoms with Crippen LogP contribution in [-0.2, 0) is 0 Å². The minimum Gasteiger partial charge on any atom is -0.506 e. The molecular weight excluding hydrogens is 219 g/mol. The predicted octanol–water partition coefficient (Wildman–Crippen LogP) is 2.45. The summed E-state index contributed by atoms with van der Waals surface area (Å²) in [4.78, 5) is 0. The Kier molecular flexibility index (Phi) is 3.23. The molecule has 78 valence electrons. The number of rotatable bonds is 2. The van der Waals surface area contributed by atoms with E-state index in [1.807, 2.05) is 0 Å². The zero-order valence-electron chi connectivity index (χ0n) is 6.85. The van der Waals surface area contributed by atoms with E-state index >= 15 is 0 Å². The Morgan fingerprint density at radius 1 is 1.36 bits per heavy atom. The maximum Gasteiger partial charge on any atom is 0.257 e. The fourth-order valence-electron chi connectivity index (χ4n) is 0.960. The summed E-state index contributed by atoms with van der Waals surface area (Å²) in [6, 6.07) is 0.181. The minimum atomic E-state index is -2.84. The summed E-state index contributed by atoms with van der Waals surface area (Å²) in [6.45, 7) is 0. The second kappa shape index (κ2) is 4.06. The van der Waals surface area contributed by atoms with Gasteiger partial charge in [0.1, 0.15) is 16.6 Å². The Hall–Kier alpha value is -0.940. The number of alkyl halides is 2. The van der Waals surface area contributed by atoms with E-state index in [1.54, 1.807) is 0 Å². The van der Waals surface area contributed by atoms with Crippen LogP contribution in [0.4, 0.5) is 13.2 Å². The molecule has 1 aromatic carbocycles. The van der Waals surface area contributed by atoms with Gasteiger partial charge in [0.2, 0.25) is 0 Å². The largest absolute Gasteiger partial charge is 0.506 e. The Bertz CT molecular complexity index is 346. The molecule has 0 aliphatic rings. The molecule has 0 aliphatic carbocycles. The first-order valence-electron chi connectivity index (χ1n) is 3.65. The van der Waals surface area contributed by atoms with Gasteiger partial charge in [-0.05, 0) is 6.07 Å². The lowest BCUT2D eigenvalue weighted by atomic mass is 10.1. The summed E-state index contributed by atoms with van der Waals surface area (Å²) in [5.74, 6) is -1.62. The predicted molar refractivity (Wildman–Crippen MR) is 46.0 cm³/mol. The van der Waals surface area contributed by atoms with E-state index in [0.717, 1.165) is 12.1 Å². The Morgan fingerprint density at radius 2 is 1.93 bits per heavy atom. The first-order chi connectivity index (χ1) is 6.45. The maximum absolute atomic E-state index is 12.7. The second-order valence-corrected chi connectivity index (χ2v) is 3.04. The Balaban J connectivity index is 3.17. The Morgan fingerprint density at radius 3 is 2.43 bits per heavy atom. The molecule has 1 atom stereocenters. The van der Waals surface area contributed by atoms with Gasteiger partial charge < -0.3 is 10.8 Å². The standard InChI is InChI=1S/C8H7ClF3NO/c9-5-4(10)2-1-3(7(5)14)6(13)8(11)12/h1-2,6,8,14H,13H2/t6-/m1/s1. The molecule has 0 bridgehead atoms. The summed E-state index contributed by atoms with van der Waals surface area (Å²) in [7, 11) is 0. The third-order valence-electron chi connectivity index (χ3n) is 1.73. The molecule has 0 heterocycles. The third-order valence-corrected chi connectivity index (χ3v) is 2.09. The van der Waals surface area contributed by atoms with Gasteiger partial charge in [0.05, 0.1) is 6.04 Å². The average molecular weight is 226 g/mol. The number of aromatic hydroxyl groups is 1. The Labute approximate surface area is 83.1 Å². The summed E-state index contributed by atoms with van der Waals surface area (Å²) in [5.41, 5.74) is 4.79. The van der Waals surface area contributed by atoms with E-state index in [1.165, 1.54) is 0 Å². The molecule has 0 saturated heterocycles. The molecule has 0 aliphatic heterocycles. The van der Waals surface area contributed by atoms with Gasteiger partial charge in [0, 0.05) is 5.56 Å². The number of hydrogen-bond donors (Lipinski definition) is 2. The number of benzene rings is 1. The fraction of sp³-hybridized carbons (Fsp3) is 0.250. The van der Waals surface area contributed by atoms with Gasteiger partial charge in [-0.3, -0.25) is 0 Å². The lowest BCUT2D eigenvalue weighted by Gasteiger charge is -2.13. The van der Waals surface area contributed by atoms with Crippen LogP contribution in [0.15, 0.2) is 12.1 Å². The van der Waals surface area contributed by atoms with Crippen LogP contribution in [0.25, 0.3) is 0 Å². The normalized spacial score (nSPS) is 13.3. The molecule has 1 rings (SSSR count). The molecule has 0 radical (unpaired) electrons. The van der Waals surface area contributed by atoms with Gasteiger partial charge in [0.25, 0.3) is 6.43 Å². The maximum atomic E-state index is 12.7. The van der Waals surface area contributed by atoms with Crippen LogP contribution >= 0.6 is 11.6 Å². The number of hydrogen-bond acceptors (Lipinski definition) is 2. The molecule has 1 aromatic rings. The topological polar surface area (TPSA) is 46.2 Å². The molecule has 0 saturated carbocycles. The highest BCUT2D eigenvalue weighted by atomic mass is 35.5. The average Bonchev–Trinajstić information content (AvgIpc) is 2.13. The molecule has 0 fully saturated rings. The fourth-order valence-corrected chi connectivity index (χ4v) is 1.13. The van der Waals surface area contributed by atoms with E-state index < -0.39 is 29.1 Å². The van der Waals surface area contributed by atoms with E-state index in [9.17, 15) is 18.3 Å². The van der Waals surface area contributed by atoms with Crippen molar-refractivity contribution < 1.29 is 18.3 Å². The third kappa shape index (κ3) is 1.93. The summed E-state index contributed by atoms with van der Waals surface area (Å²) in [6.07, 6.45) is -2.84. The number of nitrogens with two attached hydrogens (primary N) is 1. The molecule has 0 amide bonds. The van der Waals surface area contributed by atoms with Gasteiger partial charge in [-0.1, -0.05) is 17.7 Å². The van der Waals surface area contributed by atoms with Crippen LogP contribution in [-0.4, -0.2) is 11.5 Å². The van der Waals surface area contributed by atoms with Crippen molar-refractivity contribution in [2.75, 3.05) is 0 Å². The van der Waals surface area contributed by atoms with Crippen LogP contribution in [0, 0.1) is 5.82 Å². The lowest BCUT2D eigenvalue weighted by molar-refractivity contribution is 0.115. The minimum absolute atomic E-state index is 0.272. The highest BCUT2D eigenvalue weighted by Crippen LogP contribution is 2.34. The number of halogens is 4. The first kappa shape index (κ1) is 11.1. The molecule has 3 N–H and O–H groups in total. The van der Waals surface area contributed by atoms with Crippen molar-refractivity contribution in [3.8, 4) is 5.75 Å². The van der Waals surface area contributed by atoms with Crippen molar-refractivity contribution in [3.63, 3.8) is 0 Å². The van der Waals surface area contributed by atoms with Crippen molar-refractivity contribution >= 4 is 11.6 Å². The van der Waals surface area contributed by atoms with Crippen LogP contribution in [0.1, 0.15) is 11.6 Å². The van der Waals surface area contributed by atoms with E-state index in [2.05, 4.69) is 0 Å². The van der Waals surface area contributed by atoms with Crippen molar-refractivity contribution in [1.82, 2.24) is 0 Å². The van der Waals surface area contributed by atoms with Gasteiger partial charge in [-0.15, -0.1) is 0 Å². The van der Waals surface area contributed by atoms with Crippen LogP contribution < -0.4 is 5.73 Å². The molecule has 0 unspecified atom stereocenters. The summed E-state index contributed by atoms with van der Waals surface area (Å²) in [5, 5.41) is 8.61. The van der Waals surface area contributed by atoms with Crippen molar-refractivity contribution in [2.45, 2.75) is 12.5 Å². The highest BCUT2D eigenvalue weighted by Gasteiger charge is 2.23. The monoisotopic (exact) mass is 225 g/mol. The summed E-state index contributed by atoms with van der Waals surface area (Å²) < 4.78 is 37.0. The van der Waals surface area contributed by atoms with E-state index in [0.29, 0.717) is 0 Å². The van der Waals surface area contributed by atoms with Gasteiger partial charge in [-0.2, -0.15) is 0 Å². The first-order valence-corrected chi connectivity index (χ1v) is 4.03. The van der Waals surface area contributed by atoms with Gasteiger partial charge in [-0.25, -0.2) is 13.2 Å². The molecule has 6 heteroatoms. The zero-order chi connectivity index (χ0) is 10.9. The van der Waals surface area contributed by atoms with E-state index in [4.69, 9.17) is 17.3 Å². The SMILES string of the molecule is N[C@H](c1ccc(F)c(Cl)c1O)C(F)F. The van der Waals surface area contributed by atoms with Crippen LogP contribution in [0.3, 0.4) is 0 Å². The quantitative estimate of drug-likeness (QED) is 0.812. The smallest absolute Gasteiger partial charge is 0.257 e. The van der Waals surface area contributed by atoms with Crippen molar-refractivity contribution in [3.05, 3.63) is 28.5 Å². The van der Waals surface area contributed by atoms with Crippen molar-refractivity contribution in [1.29, 1.82) is 0 Å². The van der Waals surface area contributed by atoms with E-state index in [-0.39, 0.29) is 5.56 Å². The molecule has 2 nitrogen and oxygen atoms in total. The molecule has 14 heavy (non-hydrogen) atoms. The van der Waals surface area contributed by atoms with Crippen molar-refractivity contribution in [2.24, 2.45) is 5.73 Å². The van der Waals surface area contributed by atoms with Gasteiger partial charge >= 0.3 is 0 Å². The molecular formula is C8H7ClF3NO. The lowest BCUT2D eigenvalue weighted by Crippen LogP contribution is -2.19. The zero-order valence-corrected chi connectivity index (χ0v) is 7.60.